The highest BCUT2D eigenvalue weighted by molar-refractivity contribution is 7.17. The predicted molar refractivity (Wildman–Crippen MR) is 110 cm³/mol. The van der Waals surface area contributed by atoms with E-state index < -0.39 is 5.97 Å². The molecule has 1 N–H and O–H groups in total. The molecule has 154 valence electrons. The quantitative estimate of drug-likeness (QED) is 0.754. The summed E-state index contributed by atoms with van der Waals surface area (Å²) in [5.41, 5.74) is 3.19. The number of esters is 1. The fourth-order valence-corrected chi connectivity index (χ4v) is 4.63. The molecule has 1 aromatic carbocycles. The van der Waals surface area contributed by atoms with Gasteiger partial charge in [-0.2, -0.15) is 0 Å². The van der Waals surface area contributed by atoms with Crippen LogP contribution in [-0.2, 0) is 33.7 Å². The van der Waals surface area contributed by atoms with Crippen molar-refractivity contribution in [2.45, 2.75) is 33.2 Å². The third-order valence-electron chi connectivity index (χ3n) is 4.67. The maximum absolute atomic E-state index is 12.6. The molecule has 7 nitrogen and oxygen atoms in total. The predicted octanol–water partition coefficient (Wildman–Crippen LogP) is 3.54. The zero-order valence-electron chi connectivity index (χ0n) is 16.7. The first-order valence-electron chi connectivity index (χ1n) is 9.42. The van der Waals surface area contributed by atoms with Gasteiger partial charge in [-0.05, 0) is 31.4 Å². The average Bonchev–Trinajstić information content (AvgIpc) is 3.04. The number of anilines is 1. The van der Waals surface area contributed by atoms with E-state index in [2.05, 4.69) is 5.32 Å². The number of carbonyl (C=O) groups is 3. The molecule has 0 atom stereocenters. The SMILES string of the molecule is CCOC(=O)N1CCc2c(sc(NC(=O)Cc3cccc(C)c3)c2C(=O)OC)C1. The van der Waals surface area contributed by atoms with Crippen molar-refractivity contribution in [3.05, 3.63) is 51.4 Å². The van der Waals surface area contributed by atoms with Crippen LogP contribution >= 0.6 is 11.3 Å². The van der Waals surface area contributed by atoms with E-state index in [9.17, 15) is 14.4 Å². The molecule has 29 heavy (non-hydrogen) atoms. The van der Waals surface area contributed by atoms with Crippen LogP contribution in [0.1, 0.15) is 38.8 Å². The van der Waals surface area contributed by atoms with Gasteiger partial charge in [0.2, 0.25) is 5.91 Å². The number of benzene rings is 1. The Hall–Kier alpha value is -2.87. The Morgan fingerprint density at radius 1 is 1.28 bits per heavy atom. The lowest BCUT2D eigenvalue weighted by molar-refractivity contribution is -0.115. The minimum atomic E-state index is -0.488. The fourth-order valence-electron chi connectivity index (χ4n) is 3.36. The molecule has 2 heterocycles. The summed E-state index contributed by atoms with van der Waals surface area (Å²) in [5, 5.41) is 3.33. The second-order valence-corrected chi connectivity index (χ2v) is 7.89. The molecule has 0 fully saturated rings. The van der Waals surface area contributed by atoms with E-state index in [1.807, 2.05) is 31.2 Å². The van der Waals surface area contributed by atoms with E-state index in [1.54, 1.807) is 11.8 Å². The topological polar surface area (TPSA) is 84.9 Å². The number of fused-ring (bicyclic) bond motifs is 1. The summed E-state index contributed by atoms with van der Waals surface area (Å²) in [6, 6.07) is 7.73. The molecule has 0 aliphatic carbocycles. The number of hydrogen-bond donors (Lipinski definition) is 1. The van der Waals surface area contributed by atoms with Crippen LogP contribution in [0.2, 0.25) is 0 Å². The lowest BCUT2D eigenvalue weighted by atomic mass is 10.0. The van der Waals surface area contributed by atoms with Gasteiger partial charge in [0.05, 0.1) is 32.2 Å². The summed E-state index contributed by atoms with van der Waals surface area (Å²) in [6.07, 6.45) is 0.332. The molecule has 0 saturated heterocycles. The standard InChI is InChI=1S/C21H24N2O5S/c1-4-28-21(26)23-9-8-15-16(12-23)29-19(18(15)20(25)27-3)22-17(24)11-14-7-5-6-13(2)10-14/h5-7,10H,4,8-9,11-12H2,1-3H3,(H,22,24). The number of thiophene rings is 1. The van der Waals surface area contributed by atoms with Gasteiger partial charge in [0.1, 0.15) is 5.00 Å². The second kappa shape index (κ2) is 9.09. The molecule has 0 unspecified atom stereocenters. The van der Waals surface area contributed by atoms with Gasteiger partial charge in [-0.15, -0.1) is 11.3 Å². The van der Waals surface area contributed by atoms with Crippen LogP contribution in [0, 0.1) is 6.92 Å². The molecule has 0 radical (unpaired) electrons. The number of nitrogens with one attached hydrogen (secondary N) is 1. The summed E-state index contributed by atoms with van der Waals surface area (Å²) in [7, 11) is 1.32. The number of hydrogen-bond acceptors (Lipinski definition) is 6. The maximum Gasteiger partial charge on any atom is 0.410 e. The number of aryl methyl sites for hydroxylation is 1. The first-order chi connectivity index (χ1) is 13.9. The number of ether oxygens (including phenoxy) is 2. The Balaban J connectivity index is 1.82. The molecule has 0 bridgehead atoms. The van der Waals surface area contributed by atoms with E-state index in [0.717, 1.165) is 21.6 Å². The molecule has 3 rings (SSSR count). The average molecular weight is 416 g/mol. The zero-order valence-corrected chi connectivity index (χ0v) is 17.6. The first kappa shape index (κ1) is 20.9. The van der Waals surface area contributed by atoms with Crippen molar-refractivity contribution in [3.63, 3.8) is 0 Å². The van der Waals surface area contributed by atoms with Crippen molar-refractivity contribution in [2.24, 2.45) is 0 Å². The second-order valence-electron chi connectivity index (χ2n) is 6.78. The minimum absolute atomic E-state index is 0.207. The van der Waals surface area contributed by atoms with E-state index in [4.69, 9.17) is 9.47 Å². The van der Waals surface area contributed by atoms with Crippen molar-refractivity contribution in [3.8, 4) is 0 Å². The van der Waals surface area contributed by atoms with E-state index in [-0.39, 0.29) is 18.4 Å². The van der Waals surface area contributed by atoms with Crippen LogP contribution in [-0.4, -0.2) is 43.1 Å². The molecule has 0 saturated carbocycles. The van der Waals surface area contributed by atoms with Crippen LogP contribution < -0.4 is 5.32 Å². The Labute approximate surface area is 173 Å². The third-order valence-corrected chi connectivity index (χ3v) is 5.80. The summed E-state index contributed by atoms with van der Waals surface area (Å²) < 4.78 is 10.0. The van der Waals surface area contributed by atoms with Crippen LogP contribution in [0.5, 0.6) is 0 Å². The number of rotatable bonds is 5. The highest BCUT2D eigenvalue weighted by atomic mass is 32.1. The van der Waals surface area contributed by atoms with Crippen molar-refractivity contribution in [1.29, 1.82) is 0 Å². The van der Waals surface area contributed by atoms with Gasteiger partial charge in [0.15, 0.2) is 0 Å². The van der Waals surface area contributed by atoms with Crippen molar-refractivity contribution >= 4 is 34.3 Å². The normalized spacial score (nSPS) is 12.9. The van der Waals surface area contributed by atoms with Gasteiger partial charge in [-0.3, -0.25) is 4.79 Å². The number of amides is 2. The van der Waals surface area contributed by atoms with Gasteiger partial charge in [0.25, 0.3) is 0 Å². The van der Waals surface area contributed by atoms with Crippen LogP contribution in [0.15, 0.2) is 24.3 Å². The number of carbonyl (C=O) groups excluding carboxylic acids is 3. The Morgan fingerprint density at radius 3 is 2.76 bits per heavy atom. The fraction of sp³-hybridized carbons (Fsp3) is 0.381. The van der Waals surface area contributed by atoms with Gasteiger partial charge >= 0.3 is 12.1 Å². The van der Waals surface area contributed by atoms with Crippen LogP contribution in [0.3, 0.4) is 0 Å². The molecule has 2 aromatic rings. The van der Waals surface area contributed by atoms with E-state index >= 15 is 0 Å². The van der Waals surface area contributed by atoms with Crippen LogP contribution in [0.4, 0.5) is 9.80 Å². The molecule has 1 aliphatic heterocycles. The summed E-state index contributed by atoms with van der Waals surface area (Å²) >= 11 is 1.30. The lowest BCUT2D eigenvalue weighted by Crippen LogP contribution is -2.36. The molecular weight excluding hydrogens is 392 g/mol. The summed E-state index contributed by atoms with van der Waals surface area (Å²) in [4.78, 5) is 39.5. The molecule has 8 heteroatoms. The largest absolute Gasteiger partial charge is 0.465 e. The van der Waals surface area contributed by atoms with Crippen molar-refractivity contribution < 1.29 is 23.9 Å². The minimum Gasteiger partial charge on any atom is -0.465 e. The Bertz CT molecular complexity index is 937. The molecule has 0 spiro atoms. The highest BCUT2D eigenvalue weighted by Gasteiger charge is 2.31. The van der Waals surface area contributed by atoms with Crippen molar-refractivity contribution in [1.82, 2.24) is 4.90 Å². The third kappa shape index (κ3) is 4.76. The van der Waals surface area contributed by atoms with E-state index in [1.165, 1.54) is 18.4 Å². The molecule has 1 aromatic heterocycles. The number of nitrogens with zero attached hydrogens (tertiary/aromatic N) is 1. The molecule has 1 aliphatic rings. The Morgan fingerprint density at radius 2 is 2.07 bits per heavy atom. The monoisotopic (exact) mass is 416 g/mol. The molecular formula is C21H24N2O5S. The van der Waals surface area contributed by atoms with Crippen molar-refractivity contribution in [2.75, 3.05) is 25.6 Å². The zero-order chi connectivity index (χ0) is 21.0. The summed E-state index contributed by atoms with van der Waals surface area (Å²) in [5.74, 6) is -0.695. The lowest BCUT2D eigenvalue weighted by Gasteiger charge is -2.26. The Kier molecular flexibility index (Phi) is 6.53. The van der Waals surface area contributed by atoms with Gasteiger partial charge < -0.3 is 19.7 Å². The van der Waals surface area contributed by atoms with Crippen LogP contribution in [0.25, 0.3) is 0 Å². The van der Waals surface area contributed by atoms with E-state index in [0.29, 0.717) is 36.7 Å². The summed E-state index contributed by atoms with van der Waals surface area (Å²) in [6.45, 7) is 4.83. The highest BCUT2D eigenvalue weighted by Crippen LogP contribution is 2.37. The van der Waals surface area contributed by atoms with Gasteiger partial charge in [0, 0.05) is 11.4 Å². The smallest absolute Gasteiger partial charge is 0.410 e. The number of methoxy groups -OCH3 is 1. The maximum atomic E-state index is 12.6. The van der Waals surface area contributed by atoms with Gasteiger partial charge in [-0.1, -0.05) is 29.8 Å². The first-order valence-corrected chi connectivity index (χ1v) is 10.2. The molecule has 2 amide bonds. The van der Waals surface area contributed by atoms with Gasteiger partial charge in [-0.25, -0.2) is 9.59 Å².